The van der Waals surface area contributed by atoms with Gasteiger partial charge in [0.1, 0.15) is 0 Å². The topological polar surface area (TPSA) is 73.3 Å². The average molecular weight is 370 g/mol. The molecule has 6 nitrogen and oxygen atoms in total. The molecule has 1 aromatic heterocycles. The second kappa shape index (κ2) is 7.56. The fraction of sp³-hybridized carbons (Fsp3) is 0.312. The van der Waals surface area contributed by atoms with Crippen molar-refractivity contribution in [2.24, 2.45) is 0 Å². The summed E-state index contributed by atoms with van der Waals surface area (Å²) in [6.45, 7) is 1.78. The molecule has 0 bridgehead atoms. The maximum Gasteiger partial charge on any atom is 0.357 e. The Kier molecular flexibility index (Phi) is 5.68. The van der Waals surface area contributed by atoms with Crippen LogP contribution in [0.3, 0.4) is 0 Å². The Hall–Kier alpha value is -2.55. The van der Waals surface area contributed by atoms with E-state index in [0.29, 0.717) is 12.0 Å². The molecule has 2 aromatic rings. The summed E-state index contributed by atoms with van der Waals surface area (Å²) in [5, 5.41) is 0. The minimum atomic E-state index is -1.02. The van der Waals surface area contributed by atoms with Gasteiger partial charge in [-0.1, -0.05) is 13.0 Å². The summed E-state index contributed by atoms with van der Waals surface area (Å²) in [4.78, 5) is 26.8. The zero-order chi connectivity index (χ0) is 18.7. The van der Waals surface area contributed by atoms with E-state index in [-0.39, 0.29) is 16.2 Å². The lowest BCUT2D eigenvalue weighted by Crippen LogP contribution is -2.20. The highest BCUT2D eigenvalue weighted by Gasteiger charge is 2.29. The number of rotatable bonds is 5. The van der Waals surface area contributed by atoms with Gasteiger partial charge < -0.3 is 19.0 Å². The van der Waals surface area contributed by atoms with Crippen LogP contribution in [0.2, 0.25) is 0 Å². The minimum Gasteiger partial charge on any atom is -0.464 e. The maximum absolute atomic E-state index is 13.6. The first-order valence-electron chi connectivity index (χ1n) is 7.31. The van der Waals surface area contributed by atoms with Crippen LogP contribution >= 0.6 is 12.2 Å². The Morgan fingerprint density at radius 3 is 2.36 bits per heavy atom. The van der Waals surface area contributed by atoms with Gasteiger partial charge in [-0.3, -0.25) is 0 Å². The number of aromatic nitrogens is 2. The van der Waals surface area contributed by atoms with E-state index >= 15 is 0 Å². The zero-order valence-electron chi connectivity index (χ0n) is 13.8. The molecular weight excluding hydrogens is 354 g/mol. The number of benzene rings is 1. The molecule has 0 saturated carbocycles. The number of H-pyrrole nitrogens is 1. The van der Waals surface area contributed by atoms with E-state index < -0.39 is 29.6 Å². The van der Waals surface area contributed by atoms with Crippen molar-refractivity contribution in [2.75, 3.05) is 14.2 Å². The Morgan fingerprint density at radius 2 is 1.84 bits per heavy atom. The normalized spacial score (nSPS) is 11.9. The van der Waals surface area contributed by atoms with E-state index in [4.69, 9.17) is 17.0 Å². The molecule has 0 fully saturated rings. The van der Waals surface area contributed by atoms with Gasteiger partial charge in [0.15, 0.2) is 27.8 Å². The summed E-state index contributed by atoms with van der Waals surface area (Å²) in [6, 6.07) is 2.78. The number of carbonyl (C=O) groups excluding carboxylic acids is 2. The second-order valence-corrected chi connectivity index (χ2v) is 5.49. The van der Waals surface area contributed by atoms with Crippen molar-refractivity contribution >= 4 is 24.2 Å². The molecular formula is C16H16F2N2O4S. The Balaban J connectivity index is 2.72. The number of methoxy groups -OCH3 is 2. The van der Waals surface area contributed by atoms with Gasteiger partial charge in [0.05, 0.1) is 20.3 Å². The SMILES string of the molecule is CC[C@H](c1ccc(F)c(F)c1)n1c(C(=O)OC)c(C(=O)OC)[nH]c1=S. The lowest BCUT2D eigenvalue weighted by atomic mass is 10.0. The van der Waals surface area contributed by atoms with E-state index in [1.54, 1.807) is 6.92 Å². The van der Waals surface area contributed by atoms with E-state index in [0.717, 1.165) is 26.4 Å². The molecule has 0 radical (unpaired) electrons. The van der Waals surface area contributed by atoms with E-state index in [1.165, 1.54) is 10.6 Å². The first-order valence-corrected chi connectivity index (χ1v) is 7.72. The van der Waals surface area contributed by atoms with Crippen LogP contribution in [0.5, 0.6) is 0 Å². The molecule has 134 valence electrons. The van der Waals surface area contributed by atoms with Crippen molar-refractivity contribution in [3.8, 4) is 0 Å². The van der Waals surface area contributed by atoms with E-state index in [2.05, 4.69) is 9.72 Å². The van der Waals surface area contributed by atoms with Crippen LogP contribution in [-0.2, 0) is 9.47 Å². The van der Waals surface area contributed by atoms with Crippen LogP contribution in [0, 0.1) is 16.4 Å². The highest BCUT2D eigenvalue weighted by atomic mass is 32.1. The average Bonchev–Trinajstić information content (AvgIpc) is 2.94. The first-order chi connectivity index (χ1) is 11.8. The molecule has 0 amide bonds. The Morgan fingerprint density at radius 1 is 1.20 bits per heavy atom. The fourth-order valence-corrected chi connectivity index (χ4v) is 2.90. The lowest BCUT2D eigenvalue weighted by Gasteiger charge is -2.20. The van der Waals surface area contributed by atoms with Crippen LogP contribution in [-0.4, -0.2) is 35.7 Å². The Labute approximate surface area is 147 Å². The van der Waals surface area contributed by atoms with Crippen molar-refractivity contribution < 1.29 is 27.8 Å². The predicted octanol–water partition coefficient (Wildman–Crippen LogP) is 3.40. The monoisotopic (exact) mass is 370 g/mol. The number of aromatic amines is 1. The number of nitrogens with zero attached hydrogens (tertiary/aromatic N) is 1. The maximum atomic E-state index is 13.6. The van der Waals surface area contributed by atoms with Gasteiger partial charge >= 0.3 is 11.9 Å². The third-order valence-corrected chi connectivity index (χ3v) is 4.02. The van der Waals surface area contributed by atoms with Gasteiger partial charge in [0.2, 0.25) is 0 Å². The van der Waals surface area contributed by atoms with Gasteiger partial charge in [0, 0.05) is 0 Å². The highest BCUT2D eigenvalue weighted by molar-refractivity contribution is 7.71. The number of hydrogen-bond acceptors (Lipinski definition) is 5. The molecule has 0 unspecified atom stereocenters. The summed E-state index contributed by atoms with van der Waals surface area (Å²) in [7, 11) is 2.31. The van der Waals surface area contributed by atoms with Crippen molar-refractivity contribution in [3.05, 3.63) is 51.6 Å². The molecule has 0 aliphatic heterocycles. The number of imidazole rings is 1. The molecule has 9 heteroatoms. The summed E-state index contributed by atoms with van der Waals surface area (Å²) in [5.74, 6) is -3.62. The van der Waals surface area contributed by atoms with Crippen LogP contribution in [0.25, 0.3) is 0 Å². The van der Waals surface area contributed by atoms with Crippen LogP contribution < -0.4 is 0 Å². The minimum absolute atomic E-state index is 0.0531. The number of esters is 2. The molecule has 1 atom stereocenters. The van der Waals surface area contributed by atoms with Gasteiger partial charge in [-0.25, -0.2) is 18.4 Å². The zero-order valence-corrected chi connectivity index (χ0v) is 14.6. The molecule has 0 aliphatic carbocycles. The third-order valence-electron chi connectivity index (χ3n) is 3.72. The molecule has 1 heterocycles. The Bertz CT molecular complexity index is 876. The molecule has 0 aliphatic rings. The molecule has 2 rings (SSSR count). The predicted molar refractivity (Wildman–Crippen MR) is 87.1 cm³/mol. The molecule has 25 heavy (non-hydrogen) atoms. The number of hydrogen-bond donors (Lipinski definition) is 1. The quantitative estimate of drug-likeness (QED) is 0.645. The standard InChI is InChI=1S/C16H16F2N2O4S/c1-4-11(8-5-6-9(17)10(18)7-8)20-13(15(22)24-3)12(14(21)23-2)19-16(20)25/h5-7,11H,4H2,1-3H3,(H,19,25)/t11-/m1/s1. The van der Waals surface area contributed by atoms with Crippen LogP contribution in [0.15, 0.2) is 18.2 Å². The number of nitrogens with one attached hydrogen (secondary N) is 1. The van der Waals surface area contributed by atoms with E-state index in [1.807, 2.05) is 0 Å². The highest BCUT2D eigenvalue weighted by Crippen LogP contribution is 2.28. The smallest absolute Gasteiger partial charge is 0.357 e. The fourth-order valence-electron chi connectivity index (χ4n) is 2.58. The van der Waals surface area contributed by atoms with Gasteiger partial charge in [0.25, 0.3) is 0 Å². The summed E-state index contributed by atoms with van der Waals surface area (Å²) < 4.78 is 37.6. The molecule has 0 spiro atoms. The third kappa shape index (κ3) is 3.46. The summed E-state index contributed by atoms with van der Waals surface area (Å²) >= 11 is 5.22. The summed E-state index contributed by atoms with van der Waals surface area (Å²) in [5.41, 5.74) is 0.0781. The van der Waals surface area contributed by atoms with Gasteiger partial charge in [-0.2, -0.15) is 0 Å². The van der Waals surface area contributed by atoms with Gasteiger partial charge in [-0.15, -0.1) is 0 Å². The lowest BCUT2D eigenvalue weighted by molar-refractivity contribution is 0.0542. The molecule has 1 aromatic carbocycles. The summed E-state index contributed by atoms with van der Waals surface area (Å²) in [6.07, 6.45) is 0.391. The van der Waals surface area contributed by atoms with Crippen LogP contribution in [0.4, 0.5) is 8.78 Å². The van der Waals surface area contributed by atoms with E-state index in [9.17, 15) is 18.4 Å². The van der Waals surface area contributed by atoms with Crippen molar-refractivity contribution in [1.82, 2.24) is 9.55 Å². The number of ether oxygens (including phenoxy) is 2. The van der Waals surface area contributed by atoms with Crippen molar-refractivity contribution in [2.45, 2.75) is 19.4 Å². The van der Waals surface area contributed by atoms with Gasteiger partial charge in [-0.05, 0) is 36.3 Å². The van der Waals surface area contributed by atoms with Crippen molar-refractivity contribution in [1.29, 1.82) is 0 Å². The molecule has 1 N–H and O–H groups in total. The number of halogens is 2. The van der Waals surface area contributed by atoms with Crippen molar-refractivity contribution in [3.63, 3.8) is 0 Å². The molecule has 0 saturated heterocycles. The second-order valence-electron chi connectivity index (χ2n) is 5.10. The van der Waals surface area contributed by atoms with Crippen LogP contribution in [0.1, 0.15) is 45.9 Å². The first kappa shape index (κ1) is 18.8. The largest absolute Gasteiger partial charge is 0.464 e. The number of carbonyl (C=O) groups is 2.